The lowest BCUT2D eigenvalue weighted by Gasteiger charge is -2.15. The summed E-state index contributed by atoms with van der Waals surface area (Å²) in [7, 11) is 1.55. The van der Waals surface area contributed by atoms with Gasteiger partial charge in [0.25, 0.3) is 0 Å². The van der Waals surface area contributed by atoms with Gasteiger partial charge in [-0.05, 0) is 60.9 Å². The van der Waals surface area contributed by atoms with Crippen LogP contribution in [0, 0.1) is 5.92 Å². The number of carbonyl (C=O) groups excluding carboxylic acids is 2. The van der Waals surface area contributed by atoms with Crippen molar-refractivity contribution < 1.29 is 19.1 Å². The van der Waals surface area contributed by atoms with Crippen LogP contribution in [0.4, 0.5) is 0 Å². The SMILES string of the molecule is CCCCC(CC)COc1ccc(C(=O)C(=O)c2ccc(OC)cc2)cc1. The summed E-state index contributed by atoms with van der Waals surface area (Å²) < 4.78 is 10.9. The van der Waals surface area contributed by atoms with E-state index in [0.29, 0.717) is 29.4 Å². The second-order valence-electron chi connectivity index (χ2n) is 6.64. The predicted molar refractivity (Wildman–Crippen MR) is 107 cm³/mol. The first-order valence-corrected chi connectivity index (χ1v) is 9.55. The molecule has 0 spiro atoms. The molecule has 1 atom stereocenters. The highest BCUT2D eigenvalue weighted by molar-refractivity contribution is 6.49. The van der Waals surface area contributed by atoms with Gasteiger partial charge in [0.05, 0.1) is 13.7 Å². The van der Waals surface area contributed by atoms with Crippen molar-refractivity contribution in [2.75, 3.05) is 13.7 Å². The summed E-state index contributed by atoms with van der Waals surface area (Å²) in [4.78, 5) is 24.8. The maximum atomic E-state index is 12.4. The molecule has 0 fully saturated rings. The third-order valence-corrected chi connectivity index (χ3v) is 4.70. The summed E-state index contributed by atoms with van der Waals surface area (Å²) >= 11 is 0. The van der Waals surface area contributed by atoms with E-state index in [9.17, 15) is 9.59 Å². The molecule has 0 amide bonds. The minimum Gasteiger partial charge on any atom is -0.497 e. The van der Waals surface area contributed by atoms with Crippen molar-refractivity contribution in [3.63, 3.8) is 0 Å². The van der Waals surface area contributed by atoms with E-state index >= 15 is 0 Å². The van der Waals surface area contributed by atoms with Crippen LogP contribution in [0.5, 0.6) is 11.5 Å². The third-order valence-electron chi connectivity index (χ3n) is 4.70. The molecule has 2 aromatic carbocycles. The Hall–Kier alpha value is -2.62. The van der Waals surface area contributed by atoms with Crippen LogP contribution in [0.15, 0.2) is 48.5 Å². The van der Waals surface area contributed by atoms with Gasteiger partial charge in [-0.3, -0.25) is 9.59 Å². The van der Waals surface area contributed by atoms with Crippen LogP contribution >= 0.6 is 0 Å². The van der Waals surface area contributed by atoms with Crippen molar-refractivity contribution in [1.82, 2.24) is 0 Å². The van der Waals surface area contributed by atoms with E-state index in [1.165, 1.54) is 19.3 Å². The average molecular weight is 368 g/mol. The Morgan fingerprint density at radius 2 is 1.37 bits per heavy atom. The highest BCUT2D eigenvalue weighted by Crippen LogP contribution is 2.19. The summed E-state index contributed by atoms with van der Waals surface area (Å²) in [6.07, 6.45) is 4.66. The van der Waals surface area contributed by atoms with E-state index in [1.807, 2.05) is 0 Å². The lowest BCUT2D eigenvalue weighted by atomic mass is 10.0. The summed E-state index contributed by atoms with van der Waals surface area (Å²) in [6.45, 7) is 5.04. The molecule has 2 rings (SSSR count). The Labute approximate surface area is 161 Å². The molecule has 0 N–H and O–H groups in total. The maximum Gasteiger partial charge on any atom is 0.233 e. The minimum absolute atomic E-state index is 0.350. The highest BCUT2D eigenvalue weighted by atomic mass is 16.5. The van der Waals surface area contributed by atoms with Gasteiger partial charge in [0.1, 0.15) is 11.5 Å². The fourth-order valence-corrected chi connectivity index (χ4v) is 2.82. The Morgan fingerprint density at radius 1 is 0.852 bits per heavy atom. The van der Waals surface area contributed by atoms with Gasteiger partial charge in [-0.2, -0.15) is 0 Å². The Kier molecular flexibility index (Phi) is 8.05. The van der Waals surface area contributed by atoms with Crippen LogP contribution in [0.25, 0.3) is 0 Å². The number of rotatable bonds is 11. The molecule has 0 aliphatic heterocycles. The lowest BCUT2D eigenvalue weighted by molar-refractivity contribution is 0.0817. The summed E-state index contributed by atoms with van der Waals surface area (Å²) in [5.41, 5.74) is 0.712. The highest BCUT2D eigenvalue weighted by Gasteiger charge is 2.18. The number of carbonyl (C=O) groups is 2. The Balaban J connectivity index is 1.96. The van der Waals surface area contributed by atoms with Crippen molar-refractivity contribution in [2.24, 2.45) is 5.92 Å². The quantitative estimate of drug-likeness (QED) is 0.396. The molecular formula is C23H28O4. The molecule has 0 aliphatic carbocycles. The topological polar surface area (TPSA) is 52.6 Å². The van der Waals surface area contributed by atoms with Crippen LogP contribution < -0.4 is 9.47 Å². The largest absolute Gasteiger partial charge is 0.497 e. The number of hydrogen-bond donors (Lipinski definition) is 0. The fraction of sp³-hybridized carbons (Fsp3) is 0.391. The van der Waals surface area contributed by atoms with Crippen LogP contribution in [0.1, 0.15) is 60.2 Å². The van der Waals surface area contributed by atoms with Gasteiger partial charge in [-0.1, -0.05) is 33.1 Å². The van der Waals surface area contributed by atoms with E-state index in [-0.39, 0.29) is 0 Å². The smallest absolute Gasteiger partial charge is 0.233 e. The Bertz CT molecular complexity index is 732. The molecule has 4 heteroatoms. The molecule has 0 saturated carbocycles. The second-order valence-corrected chi connectivity index (χ2v) is 6.64. The molecule has 0 heterocycles. The van der Waals surface area contributed by atoms with Crippen molar-refractivity contribution in [3.8, 4) is 11.5 Å². The number of methoxy groups -OCH3 is 1. The molecule has 0 bridgehead atoms. The molecule has 0 radical (unpaired) electrons. The number of unbranched alkanes of at least 4 members (excludes halogenated alkanes) is 1. The molecule has 1 unspecified atom stereocenters. The van der Waals surface area contributed by atoms with Gasteiger partial charge in [0.2, 0.25) is 11.6 Å². The molecule has 0 aliphatic rings. The first-order valence-electron chi connectivity index (χ1n) is 9.55. The van der Waals surface area contributed by atoms with Crippen LogP contribution in [-0.4, -0.2) is 25.3 Å². The molecule has 144 valence electrons. The van der Waals surface area contributed by atoms with E-state index < -0.39 is 11.6 Å². The number of ether oxygens (including phenoxy) is 2. The van der Waals surface area contributed by atoms with E-state index in [4.69, 9.17) is 9.47 Å². The molecule has 27 heavy (non-hydrogen) atoms. The zero-order valence-corrected chi connectivity index (χ0v) is 16.4. The number of benzene rings is 2. The monoisotopic (exact) mass is 368 g/mol. The lowest BCUT2D eigenvalue weighted by Crippen LogP contribution is -2.14. The third kappa shape index (κ3) is 5.95. The van der Waals surface area contributed by atoms with Crippen molar-refractivity contribution in [1.29, 1.82) is 0 Å². The summed E-state index contributed by atoms with van der Waals surface area (Å²) in [5, 5.41) is 0. The van der Waals surface area contributed by atoms with Crippen molar-refractivity contribution in [2.45, 2.75) is 39.5 Å². The van der Waals surface area contributed by atoms with E-state index in [0.717, 1.165) is 12.2 Å². The maximum absolute atomic E-state index is 12.4. The fourth-order valence-electron chi connectivity index (χ4n) is 2.82. The summed E-state index contributed by atoms with van der Waals surface area (Å²) in [6, 6.07) is 13.3. The van der Waals surface area contributed by atoms with Crippen molar-refractivity contribution >= 4 is 11.6 Å². The normalized spacial score (nSPS) is 11.7. The molecule has 4 nitrogen and oxygen atoms in total. The Morgan fingerprint density at radius 3 is 1.81 bits per heavy atom. The zero-order chi connectivity index (χ0) is 19.6. The van der Waals surface area contributed by atoms with E-state index in [1.54, 1.807) is 55.6 Å². The van der Waals surface area contributed by atoms with Crippen LogP contribution in [-0.2, 0) is 0 Å². The molecule has 0 saturated heterocycles. The van der Waals surface area contributed by atoms with Gasteiger partial charge < -0.3 is 9.47 Å². The van der Waals surface area contributed by atoms with Gasteiger partial charge in [0.15, 0.2) is 0 Å². The number of hydrogen-bond acceptors (Lipinski definition) is 4. The van der Waals surface area contributed by atoms with Crippen LogP contribution in [0.2, 0.25) is 0 Å². The van der Waals surface area contributed by atoms with Gasteiger partial charge in [-0.15, -0.1) is 0 Å². The van der Waals surface area contributed by atoms with Gasteiger partial charge in [0, 0.05) is 11.1 Å². The number of ketones is 2. The zero-order valence-electron chi connectivity index (χ0n) is 16.4. The molecule has 2 aromatic rings. The standard InChI is InChI=1S/C23H28O4/c1-4-6-7-17(5-2)16-27-21-14-10-19(11-15-21)23(25)22(24)18-8-12-20(26-3)13-9-18/h8-15,17H,4-7,16H2,1-3H3. The average Bonchev–Trinajstić information content (AvgIpc) is 2.73. The summed E-state index contributed by atoms with van der Waals surface area (Å²) in [5.74, 6) is 0.851. The predicted octanol–water partition coefficient (Wildman–Crippen LogP) is 5.36. The van der Waals surface area contributed by atoms with Crippen LogP contribution in [0.3, 0.4) is 0 Å². The van der Waals surface area contributed by atoms with E-state index in [2.05, 4.69) is 13.8 Å². The van der Waals surface area contributed by atoms with Gasteiger partial charge in [-0.25, -0.2) is 0 Å². The first-order chi connectivity index (χ1) is 13.1. The van der Waals surface area contributed by atoms with Gasteiger partial charge >= 0.3 is 0 Å². The number of Topliss-reactive ketones (excluding diaryl/α,β-unsaturated/α-hetero) is 2. The molecular weight excluding hydrogens is 340 g/mol. The second kappa shape index (κ2) is 10.5. The van der Waals surface area contributed by atoms with Crippen molar-refractivity contribution in [3.05, 3.63) is 59.7 Å². The molecule has 0 aromatic heterocycles. The minimum atomic E-state index is -0.531. The first kappa shape index (κ1) is 20.7.